The van der Waals surface area contributed by atoms with E-state index in [1.54, 1.807) is 0 Å². The number of aryl methyl sites for hydroxylation is 1. The van der Waals surface area contributed by atoms with Crippen molar-refractivity contribution in [2.24, 2.45) is 0 Å². The molecule has 0 aliphatic carbocycles. The van der Waals surface area contributed by atoms with E-state index in [0.717, 1.165) is 16.9 Å². The molecule has 2 aromatic rings. The molecular formula is C14H16N2O2. The van der Waals surface area contributed by atoms with Crippen LogP contribution in [0.3, 0.4) is 0 Å². The van der Waals surface area contributed by atoms with Gasteiger partial charge in [0.25, 0.3) is 0 Å². The normalized spacial score (nSPS) is 10.3. The smallest absolute Gasteiger partial charge is 0.120 e. The van der Waals surface area contributed by atoms with E-state index in [9.17, 15) is 10.2 Å². The summed E-state index contributed by atoms with van der Waals surface area (Å²) in [6.45, 7) is 2.37. The Kier molecular flexibility index (Phi) is 3.28. The van der Waals surface area contributed by atoms with Crippen molar-refractivity contribution in [1.29, 1.82) is 0 Å². The minimum atomic E-state index is 0.137. The fourth-order valence-corrected chi connectivity index (χ4v) is 1.70. The van der Waals surface area contributed by atoms with Gasteiger partial charge in [0.05, 0.1) is 0 Å². The quantitative estimate of drug-likeness (QED) is 0.494. The second kappa shape index (κ2) is 4.87. The van der Waals surface area contributed by atoms with Crippen LogP contribution in [0.1, 0.15) is 11.1 Å². The summed E-state index contributed by atoms with van der Waals surface area (Å²) in [6, 6.07) is 10.1. The number of nitrogen functional groups attached to an aromatic ring is 1. The maximum atomic E-state index is 9.64. The van der Waals surface area contributed by atoms with Crippen molar-refractivity contribution in [1.82, 2.24) is 0 Å². The number of nitrogens with one attached hydrogen (secondary N) is 1. The molecule has 0 atom stereocenters. The fourth-order valence-electron chi connectivity index (χ4n) is 1.70. The predicted molar refractivity (Wildman–Crippen MR) is 72.7 cm³/mol. The Hall–Kier alpha value is -2.36. The van der Waals surface area contributed by atoms with Crippen LogP contribution >= 0.6 is 0 Å². The molecule has 18 heavy (non-hydrogen) atoms. The van der Waals surface area contributed by atoms with Crippen LogP contribution in [0.4, 0.5) is 11.4 Å². The molecule has 0 aliphatic rings. The van der Waals surface area contributed by atoms with Gasteiger partial charge in [0.15, 0.2) is 0 Å². The minimum Gasteiger partial charge on any atom is -0.508 e. The number of rotatable bonds is 3. The molecular weight excluding hydrogens is 228 g/mol. The molecule has 0 radical (unpaired) electrons. The highest BCUT2D eigenvalue weighted by molar-refractivity contribution is 5.57. The van der Waals surface area contributed by atoms with Crippen LogP contribution in [0.15, 0.2) is 36.4 Å². The van der Waals surface area contributed by atoms with E-state index in [1.165, 1.54) is 18.2 Å². The summed E-state index contributed by atoms with van der Waals surface area (Å²) in [6.07, 6.45) is 0. The van der Waals surface area contributed by atoms with E-state index in [-0.39, 0.29) is 11.5 Å². The number of anilines is 2. The average Bonchev–Trinajstić information content (AvgIpc) is 2.34. The van der Waals surface area contributed by atoms with Gasteiger partial charge in [0.2, 0.25) is 0 Å². The first-order valence-corrected chi connectivity index (χ1v) is 5.67. The summed E-state index contributed by atoms with van der Waals surface area (Å²) in [4.78, 5) is 0. The van der Waals surface area contributed by atoms with Gasteiger partial charge >= 0.3 is 0 Å². The van der Waals surface area contributed by atoms with Gasteiger partial charge < -0.3 is 21.3 Å². The van der Waals surface area contributed by atoms with Crippen molar-refractivity contribution in [3.8, 4) is 11.5 Å². The summed E-state index contributed by atoms with van der Waals surface area (Å²) in [5, 5.41) is 22.2. The molecule has 0 unspecified atom stereocenters. The third kappa shape index (κ3) is 2.66. The SMILES string of the molecule is Cc1cc(NCc2cc(O)ccc2O)ccc1N. The highest BCUT2D eigenvalue weighted by Crippen LogP contribution is 2.23. The van der Waals surface area contributed by atoms with Crippen molar-refractivity contribution in [3.63, 3.8) is 0 Å². The Morgan fingerprint density at radius 2 is 1.89 bits per heavy atom. The molecule has 0 saturated carbocycles. The third-order valence-electron chi connectivity index (χ3n) is 2.82. The second-order valence-electron chi connectivity index (χ2n) is 4.24. The zero-order valence-electron chi connectivity index (χ0n) is 10.1. The Bertz CT molecular complexity index is 568. The number of nitrogens with two attached hydrogens (primary N) is 1. The van der Waals surface area contributed by atoms with Gasteiger partial charge in [-0.25, -0.2) is 0 Å². The summed E-state index contributed by atoms with van der Waals surface area (Å²) < 4.78 is 0. The number of benzene rings is 2. The highest BCUT2D eigenvalue weighted by Gasteiger charge is 2.03. The molecule has 4 nitrogen and oxygen atoms in total. The molecule has 0 aliphatic heterocycles. The Morgan fingerprint density at radius 3 is 2.61 bits per heavy atom. The monoisotopic (exact) mass is 244 g/mol. The minimum absolute atomic E-state index is 0.137. The van der Waals surface area contributed by atoms with Crippen LogP contribution in [-0.2, 0) is 6.54 Å². The lowest BCUT2D eigenvalue weighted by Gasteiger charge is -2.10. The molecule has 94 valence electrons. The Morgan fingerprint density at radius 1 is 1.11 bits per heavy atom. The van der Waals surface area contributed by atoms with Gasteiger partial charge in [-0.15, -0.1) is 0 Å². The van der Waals surface area contributed by atoms with Crippen molar-refractivity contribution < 1.29 is 10.2 Å². The van der Waals surface area contributed by atoms with Crippen LogP contribution in [0.5, 0.6) is 11.5 Å². The summed E-state index contributed by atoms with van der Waals surface area (Å²) >= 11 is 0. The molecule has 2 aromatic carbocycles. The van der Waals surface area contributed by atoms with Gasteiger partial charge in [0.1, 0.15) is 11.5 Å². The summed E-state index contributed by atoms with van der Waals surface area (Å²) in [5.41, 5.74) is 9.05. The summed E-state index contributed by atoms with van der Waals surface area (Å²) in [5.74, 6) is 0.297. The highest BCUT2D eigenvalue weighted by atomic mass is 16.3. The van der Waals surface area contributed by atoms with Gasteiger partial charge in [-0.3, -0.25) is 0 Å². The maximum Gasteiger partial charge on any atom is 0.120 e. The number of hydrogen-bond acceptors (Lipinski definition) is 4. The van der Waals surface area contributed by atoms with Gasteiger partial charge in [-0.05, 0) is 48.9 Å². The number of phenolic OH excluding ortho intramolecular Hbond substituents is 2. The number of hydrogen-bond donors (Lipinski definition) is 4. The van der Waals surface area contributed by atoms with E-state index in [2.05, 4.69) is 5.32 Å². The maximum absolute atomic E-state index is 9.64. The predicted octanol–water partition coefficient (Wildman–Crippen LogP) is 2.60. The van der Waals surface area contributed by atoms with E-state index in [4.69, 9.17) is 5.73 Å². The van der Waals surface area contributed by atoms with E-state index in [0.29, 0.717) is 12.1 Å². The molecule has 0 spiro atoms. The molecule has 0 aromatic heterocycles. The van der Waals surface area contributed by atoms with Gasteiger partial charge in [-0.1, -0.05) is 0 Å². The Balaban J connectivity index is 2.11. The van der Waals surface area contributed by atoms with E-state index < -0.39 is 0 Å². The molecule has 4 heteroatoms. The Labute approximate surface area is 106 Å². The molecule has 5 N–H and O–H groups in total. The molecule has 0 amide bonds. The molecule has 0 fully saturated rings. The van der Waals surface area contributed by atoms with Crippen LogP contribution in [-0.4, -0.2) is 10.2 Å². The average molecular weight is 244 g/mol. The third-order valence-corrected chi connectivity index (χ3v) is 2.82. The lowest BCUT2D eigenvalue weighted by Crippen LogP contribution is -2.00. The van der Waals surface area contributed by atoms with Crippen molar-refractivity contribution in [2.45, 2.75) is 13.5 Å². The van der Waals surface area contributed by atoms with Crippen LogP contribution in [0.2, 0.25) is 0 Å². The van der Waals surface area contributed by atoms with Crippen LogP contribution in [0, 0.1) is 6.92 Å². The van der Waals surface area contributed by atoms with Crippen molar-refractivity contribution in [3.05, 3.63) is 47.5 Å². The number of aromatic hydroxyl groups is 2. The van der Waals surface area contributed by atoms with E-state index >= 15 is 0 Å². The standard InChI is InChI=1S/C14H16N2O2/c1-9-6-11(2-4-13(9)15)16-8-10-7-12(17)3-5-14(10)18/h2-7,16-18H,8,15H2,1H3. The molecule has 2 rings (SSSR count). The fraction of sp³-hybridized carbons (Fsp3) is 0.143. The molecule has 0 heterocycles. The van der Waals surface area contributed by atoms with Gasteiger partial charge in [0, 0.05) is 23.5 Å². The first kappa shape index (κ1) is 12.1. The van der Waals surface area contributed by atoms with Crippen LogP contribution < -0.4 is 11.1 Å². The lowest BCUT2D eigenvalue weighted by molar-refractivity contribution is 0.455. The largest absolute Gasteiger partial charge is 0.508 e. The zero-order chi connectivity index (χ0) is 13.1. The number of phenols is 2. The van der Waals surface area contributed by atoms with E-state index in [1.807, 2.05) is 25.1 Å². The lowest BCUT2D eigenvalue weighted by atomic mass is 10.1. The van der Waals surface area contributed by atoms with Crippen molar-refractivity contribution in [2.75, 3.05) is 11.1 Å². The second-order valence-corrected chi connectivity index (χ2v) is 4.24. The summed E-state index contributed by atoms with van der Waals surface area (Å²) in [7, 11) is 0. The van der Waals surface area contributed by atoms with Crippen LogP contribution in [0.25, 0.3) is 0 Å². The molecule has 0 saturated heterocycles. The topological polar surface area (TPSA) is 78.5 Å². The molecule has 0 bridgehead atoms. The zero-order valence-corrected chi connectivity index (χ0v) is 10.1. The van der Waals surface area contributed by atoms with Crippen molar-refractivity contribution >= 4 is 11.4 Å². The van der Waals surface area contributed by atoms with Gasteiger partial charge in [-0.2, -0.15) is 0 Å². The first-order chi connectivity index (χ1) is 8.56. The first-order valence-electron chi connectivity index (χ1n) is 5.67.